The summed E-state index contributed by atoms with van der Waals surface area (Å²) in [5.74, 6) is 0.768. The topological polar surface area (TPSA) is 51.5 Å². The van der Waals surface area contributed by atoms with Gasteiger partial charge in [0.1, 0.15) is 5.75 Å². The average Bonchev–Trinajstić information content (AvgIpc) is 2.46. The van der Waals surface area contributed by atoms with Crippen molar-refractivity contribution in [3.05, 3.63) is 29.8 Å². The van der Waals surface area contributed by atoms with Gasteiger partial charge in [0.05, 0.1) is 13.2 Å². The van der Waals surface area contributed by atoms with Crippen LogP contribution in [0.15, 0.2) is 24.3 Å². The smallest absolute Gasteiger partial charge is 0.172 e. The molecule has 0 radical (unpaired) electrons. The van der Waals surface area contributed by atoms with Crippen LogP contribution < -0.4 is 4.74 Å². The molecule has 4 heteroatoms. The molecule has 1 unspecified atom stereocenters. The molecule has 2 rings (SSSR count). The maximum atomic E-state index is 9.17. The predicted molar refractivity (Wildman–Crippen MR) is 66.0 cm³/mol. The minimum absolute atomic E-state index is 0.259. The molecule has 0 aromatic heterocycles. The summed E-state index contributed by atoms with van der Waals surface area (Å²) in [5, 5.41) is 9.17. The second kappa shape index (κ2) is 6.39. The van der Waals surface area contributed by atoms with Crippen molar-refractivity contribution in [3.63, 3.8) is 0 Å². The number of nitriles is 1. The van der Waals surface area contributed by atoms with Crippen molar-refractivity contribution >= 4 is 0 Å². The van der Waals surface area contributed by atoms with Crippen molar-refractivity contribution in [2.45, 2.75) is 31.7 Å². The third kappa shape index (κ3) is 3.22. The van der Waals surface area contributed by atoms with Crippen LogP contribution in [0.2, 0.25) is 0 Å². The van der Waals surface area contributed by atoms with Gasteiger partial charge in [-0.3, -0.25) is 0 Å². The van der Waals surface area contributed by atoms with Crippen LogP contribution in [0, 0.1) is 11.3 Å². The van der Waals surface area contributed by atoms with E-state index in [9.17, 15) is 5.26 Å². The van der Waals surface area contributed by atoms with Crippen LogP contribution in [0.5, 0.6) is 5.75 Å². The first kappa shape index (κ1) is 12.9. The third-order valence-electron chi connectivity index (χ3n) is 2.96. The second-order valence-corrected chi connectivity index (χ2v) is 4.21. The molecule has 96 valence electrons. The van der Waals surface area contributed by atoms with Gasteiger partial charge in [0.15, 0.2) is 12.4 Å². The molecule has 1 aromatic rings. The molecule has 0 saturated carbocycles. The summed E-state index contributed by atoms with van der Waals surface area (Å²) in [6.07, 6.45) is 2.17. The predicted octanol–water partition coefficient (Wildman–Crippen LogP) is 2.80. The molecule has 0 bridgehead atoms. The highest BCUT2D eigenvalue weighted by Gasteiger charge is 2.20. The summed E-state index contributed by atoms with van der Waals surface area (Å²) in [5.41, 5.74) is 0.826. The van der Waals surface area contributed by atoms with Crippen LogP contribution >= 0.6 is 0 Å². The zero-order chi connectivity index (χ0) is 12.8. The highest BCUT2D eigenvalue weighted by Crippen LogP contribution is 2.24. The highest BCUT2D eigenvalue weighted by atomic mass is 16.7. The first-order chi connectivity index (χ1) is 8.83. The second-order valence-electron chi connectivity index (χ2n) is 4.21. The lowest BCUT2D eigenvalue weighted by Gasteiger charge is -2.25. The number of ether oxygens (including phenoxy) is 3. The molecule has 1 aliphatic heterocycles. The van der Waals surface area contributed by atoms with Gasteiger partial charge in [-0.1, -0.05) is 12.1 Å². The number of hydrogen-bond donors (Lipinski definition) is 0. The quantitative estimate of drug-likeness (QED) is 0.821. The third-order valence-corrected chi connectivity index (χ3v) is 2.96. The first-order valence-corrected chi connectivity index (χ1v) is 6.14. The minimum atomic E-state index is -0.584. The molecule has 1 saturated heterocycles. The maximum Gasteiger partial charge on any atom is 0.172 e. The van der Waals surface area contributed by atoms with E-state index in [0.29, 0.717) is 6.61 Å². The first-order valence-electron chi connectivity index (χ1n) is 6.14. The number of nitrogens with zero attached hydrogens (tertiary/aromatic N) is 1. The van der Waals surface area contributed by atoms with Gasteiger partial charge in [0.25, 0.3) is 0 Å². The van der Waals surface area contributed by atoms with Gasteiger partial charge < -0.3 is 14.2 Å². The zero-order valence-electron chi connectivity index (χ0n) is 10.5. The van der Waals surface area contributed by atoms with Crippen LogP contribution in [0.3, 0.4) is 0 Å². The molecule has 0 N–H and O–H groups in total. The summed E-state index contributed by atoms with van der Waals surface area (Å²) in [6, 6.07) is 9.49. The molecule has 0 amide bonds. The van der Waals surface area contributed by atoms with Crippen LogP contribution in [0.1, 0.15) is 30.9 Å². The lowest BCUT2D eigenvalue weighted by molar-refractivity contribution is -0.178. The fraction of sp³-hybridized carbons (Fsp3) is 0.500. The standard InChI is InChI=1S/C14H17NO3/c1-16-12-7-5-11(6-8-12)13(10-15)18-14-4-2-3-9-17-14/h5-8,13-14H,2-4,9H2,1H3/t13-,14?/m1/s1. The van der Waals surface area contributed by atoms with E-state index in [4.69, 9.17) is 14.2 Å². The number of hydrogen-bond acceptors (Lipinski definition) is 4. The SMILES string of the molecule is COc1ccc([C@@H](C#N)OC2CCCCO2)cc1. The molecular weight excluding hydrogens is 230 g/mol. The van der Waals surface area contributed by atoms with E-state index in [2.05, 4.69) is 6.07 Å². The zero-order valence-corrected chi connectivity index (χ0v) is 10.5. The fourth-order valence-corrected chi connectivity index (χ4v) is 1.93. The normalized spacial score (nSPS) is 21.0. The Bertz CT molecular complexity index is 404. The van der Waals surface area contributed by atoms with E-state index in [0.717, 1.165) is 30.6 Å². The Morgan fingerprint density at radius 2 is 2.11 bits per heavy atom. The Kier molecular flexibility index (Phi) is 4.57. The summed E-state index contributed by atoms with van der Waals surface area (Å²) in [6.45, 7) is 0.714. The van der Waals surface area contributed by atoms with E-state index in [1.54, 1.807) is 7.11 Å². The largest absolute Gasteiger partial charge is 0.497 e. The van der Waals surface area contributed by atoms with Crippen molar-refractivity contribution in [2.24, 2.45) is 0 Å². The van der Waals surface area contributed by atoms with Gasteiger partial charge >= 0.3 is 0 Å². The highest BCUT2D eigenvalue weighted by molar-refractivity contribution is 5.30. The molecule has 1 fully saturated rings. The fourth-order valence-electron chi connectivity index (χ4n) is 1.93. The van der Waals surface area contributed by atoms with Crippen molar-refractivity contribution < 1.29 is 14.2 Å². The Morgan fingerprint density at radius 1 is 1.33 bits per heavy atom. The lowest BCUT2D eigenvalue weighted by Crippen LogP contribution is -2.24. The van der Waals surface area contributed by atoms with Crippen molar-refractivity contribution in [3.8, 4) is 11.8 Å². The van der Waals surface area contributed by atoms with Gasteiger partial charge in [-0.2, -0.15) is 5.26 Å². The molecule has 1 aromatic carbocycles. The van der Waals surface area contributed by atoms with Gasteiger partial charge in [0, 0.05) is 6.61 Å². The molecule has 2 atom stereocenters. The summed E-state index contributed by atoms with van der Waals surface area (Å²) < 4.78 is 16.2. The van der Waals surface area contributed by atoms with Gasteiger partial charge in [-0.25, -0.2) is 0 Å². The van der Waals surface area contributed by atoms with Crippen LogP contribution in [0.25, 0.3) is 0 Å². The Balaban J connectivity index is 2.00. The minimum Gasteiger partial charge on any atom is -0.497 e. The number of benzene rings is 1. The van der Waals surface area contributed by atoms with Crippen molar-refractivity contribution in [1.29, 1.82) is 5.26 Å². The average molecular weight is 247 g/mol. The van der Waals surface area contributed by atoms with E-state index in [1.165, 1.54) is 0 Å². The summed E-state index contributed by atoms with van der Waals surface area (Å²) in [4.78, 5) is 0. The molecule has 4 nitrogen and oxygen atoms in total. The van der Waals surface area contributed by atoms with Crippen LogP contribution in [-0.2, 0) is 9.47 Å². The molecule has 0 aliphatic carbocycles. The van der Waals surface area contributed by atoms with Crippen molar-refractivity contribution in [1.82, 2.24) is 0 Å². The van der Waals surface area contributed by atoms with Gasteiger partial charge in [-0.15, -0.1) is 0 Å². The summed E-state index contributed by atoms with van der Waals surface area (Å²) in [7, 11) is 1.61. The molecule has 18 heavy (non-hydrogen) atoms. The Labute approximate surface area is 107 Å². The Hall–Kier alpha value is -1.57. The van der Waals surface area contributed by atoms with Crippen LogP contribution in [-0.4, -0.2) is 20.0 Å². The maximum absolute atomic E-state index is 9.17. The van der Waals surface area contributed by atoms with E-state index >= 15 is 0 Å². The molecule has 0 spiro atoms. The monoisotopic (exact) mass is 247 g/mol. The molecule has 1 aliphatic rings. The number of rotatable bonds is 4. The van der Waals surface area contributed by atoms with E-state index in [1.807, 2.05) is 24.3 Å². The molecule has 1 heterocycles. The summed E-state index contributed by atoms with van der Waals surface area (Å²) >= 11 is 0. The van der Waals surface area contributed by atoms with Crippen molar-refractivity contribution in [2.75, 3.05) is 13.7 Å². The lowest BCUT2D eigenvalue weighted by atomic mass is 10.1. The van der Waals surface area contributed by atoms with Gasteiger partial charge in [-0.05, 0) is 37.0 Å². The Morgan fingerprint density at radius 3 is 2.67 bits per heavy atom. The van der Waals surface area contributed by atoms with E-state index in [-0.39, 0.29) is 6.29 Å². The van der Waals surface area contributed by atoms with Crippen LogP contribution in [0.4, 0.5) is 0 Å². The van der Waals surface area contributed by atoms with Gasteiger partial charge in [0.2, 0.25) is 0 Å². The molecular formula is C14H17NO3. The van der Waals surface area contributed by atoms with E-state index < -0.39 is 6.10 Å². The number of methoxy groups -OCH3 is 1.